The van der Waals surface area contributed by atoms with E-state index in [1.807, 2.05) is 36.4 Å². The molecule has 2 aliphatic rings. The fourth-order valence-corrected chi connectivity index (χ4v) is 4.16. The normalized spacial score (nSPS) is 16.1. The van der Waals surface area contributed by atoms with E-state index >= 15 is 0 Å². The van der Waals surface area contributed by atoms with Gasteiger partial charge in [-0.2, -0.15) is 15.0 Å². The Morgan fingerprint density at radius 1 is 1.00 bits per heavy atom. The monoisotopic (exact) mass is 454 g/mol. The topological polar surface area (TPSA) is 103 Å². The molecule has 0 saturated carbocycles. The number of halogens is 1. The molecule has 0 bridgehead atoms. The molecule has 1 fully saturated rings. The Balaban J connectivity index is 1.23. The van der Waals surface area contributed by atoms with Crippen molar-refractivity contribution in [2.24, 2.45) is 0 Å². The molecule has 5 rings (SSSR count). The number of nitrogens with two attached hydrogens (primary N) is 1. The van der Waals surface area contributed by atoms with Gasteiger partial charge in [0.05, 0.1) is 26.2 Å². The van der Waals surface area contributed by atoms with Crippen molar-refractivity contribution in [2.45, 2.75) is 6.54 Å². The van der Waals surface area contributed by atoms with Crippen molar-refractivity contribution in [2.75, 3.05) is 55.3 Å². The van der Waals surface area contributed by atoms with E-state index in [-0.39, 0.29) is 5.95 Å². The molecule has 3 heterocycles. The van der Waals surface area contributed by atoms with Gasteiger partial charge < -0.3 is 30.3 Å². The molecule has 10 heteroatoms. The molecule has 3 aromatic rings. The van der Waals surface area contributed by atoms with Gasteiger partial charge in [-0.1, -0.05) is 17.7 Å². The van der Waals surface area contributed by atoms with Crippen molar-refractivity contribution in [1.82, 2.24) is 15.0 Å². The molecular weight excluding hydrogens is 430 g/mol. The molecule has 0 spiro atoms. The van der Waals surface area contributed by atoms with Gasteiger partial charge in [-0.15, -0.1) is 0 Å². The first-order chi connectivity index (χ1) is 15.6. The predicted molar refractivity (Wildman–Crippen MR) is 123 cm³/mol. The molecule has 1 saturated heterocycles. The summed E-state index contributed by atoms with van der Waals surface area (Å²) >= 11 is 6.14. The first kappa shape index (κ1) is 20.6. The molecule has 1 aromatic heterocycles. The Bertz CT molecular complexity index is 1110. The zero-order valence-electron chi connectivity index (χ0n) is 17.6. The average molecular weight is 455 g/mol. The van der Waals surface area contributed by atoms with E-state index in [9.17, 15) is 0 Å². The van der Waals surface area contributed by atoms with Crippen molar-refractivity contribution in [1.29, 1.82) is 0 Å². The number of aromatic nitrogens is 3. The van der Waals surface area contributed by atoms with Gasteiger partial charge in [-0.25, -0.2) is 0 Å². The number of rotatable bonds is 5. The van der Waals surface area contributed by atoms with Crippen LogP contribution in [0.5, 0.6) is 11.5 Å². The number of quaternary nitrogens is 1. The van der Waals surface area contributed by atoms with Gasteiger partial charge in [0.2, 0.25) is 11.9 Å². The van der Waals surface area contributed by atoms with Crippen LogP contribution in [0.1, 0.15) is 5.82 Å². The van der Waals surface area contributed by atoms with E-state index in [0.717, 1.165) is 48.3 Å². The predicted octanol–water partition coefficient (Wildman–Crippen LogP) is 1.53. The van der Waals surface area contributed by atoms with Crippen LogP contribution in [0.4, 0.5) is 23.3 Å². The summed E-state index contributed by atoms with van der Waals surface area (Å²) in [5.74, 6) is 2.72. The fraction of sp³-hybridized carbons (Fsp3) is 0.318. The smallest absolute Gasteiger partial charge is 0.232 e. The molecule has 0 unspecified atom stereocenters. The van der Waals surface area contributed by atoms with Crippen molar-refractivity contribution in [3.63, 3.8) is 0 Å². The molecule has 2 aromatic carbocycles. The van der Waals surface area contributed by atoms with Crippen LogP contribution in [0.25, 0.3) is 0 Å². The second-order valence-electron chi connectivity index (χ2n) is 7.81. The van der Waals surface area contributed by atoms with Gasteiger partial charge in [0.15, 0.2) is 17.3 Å². The standard InChI is InChI=1S/C22H24ClN7O2/c23-15-2-1-3-17(12-15)30-8-6-29(7-9-30)14-20-26-21(24)28-22(27-20)25-16-4-5-18-19(13-16)32-11-10-31-18/h1-5,12-13H,6-11,14H2,(H3,24,25,26,27,28)/p+1. The summed E-state index contributed by atoms with van der Waals surface area (Å²) in [4.78, 5) is 16.9. The van der Waals surface area contributed by atoms with E-state index in [0.29, 0.717) is 37.3 Å². The molecule has 166 valence electrons. The molecule has 9 nitrogen and oxygen atoms in total. The highest BCUT2D eigenvalue weighted by atomic mass is 35.5. The highest BCUT2D eigenvalue weighted by Crippen LogP contribution is 2.33. The van der Waals surface area contributed by atoms with Gasteiger partial charge in [-0.05, 0) is 30.3 Å². The molecule has 4 N–H and O–H groups in total. The quantitative estimate of drug-likeness (QED) is 0.533. The summed E-state index contributed by atoms with van der Waals surface area (Å²) in [5.41, 5.74) is 7.92. The summed E-state index contributed by atoms with van der Waals surface area (Å²) in [5, 5.41) is 3.96. The van der Waals surface area contributed by atoms with Crippen LogP contribution in [0, 0.1) is 0 Å². The molecule has 0 atom stereocenters. The summed E-state index contributed by atoms with van der Waals surface area (Å²) in [6.07, 6.45) is 0. The van der Waals surface area contributed by atoms with Crippen molar-refractivity contribution in [3.05, 3.63) is 53.3 Å². The average Bonchev–Trinajstić information content (AvgIpc) is 2.79. The summed E-state index contributed by atoms with van der Waals surface area (Å²) < 4.78 is 11.2. The third kappa shape index (κ3) is 4.79. The van der Waals surface area contributed by atoms with Crippen LogP contribution < -0.4 is 30.3 Å². The fourth-order valence-electron chi connectivity index (χ4n) is 3.98. The van der Waals surface area contributed by atoms with Crippen molar-refractivity contribution < 1.29 is 14.4 Å². The highest BCUT2D eigenvalue weighted by Gasteiger charge is 2.22. The molecule has 0 radical (unpaired) electrons. The number of nitrogens with zero attached hydrogens (tertiary/aromatic N) is 4. The number of nitrogen functional groups attached to an aromatic ring is 1. The lowest BCUT2D eigenvalue weighted by Crippen LogP contribution is -3.13. The number of nitrogens with one attached hydrogen (secondary N) is 2. The third-order valence-electron chi connectivity index (χ3n) is 5.55. The largest absolute Gasteiger partial charge is 0.486 e. The van der Waals surface area contributed by atoms with E-state index in [1.54, 1.807) is 0 Å². The first-order valence-electron chi connectivity index (χ1n) is 10.6. The second-order valence-corrected chi connectivity index (χ2v) is 8.25. The van der Waals surface area contributed by atoms with Gasteiger partial charge in [0, 0.05) is 22.5 Å². The lowest BCUT2D eigenvalue weighted by Gasteiger charge is -2.33. The summed E-state index contributed by atoms with van der Waals surface area (Å²) in [6, 6.07) is 13.6. The Morgan fingerprint density at radius 3 is 2.62 bits per heavy atom. The Morgan fingerprint density at radius 2 is 1.81 bits per heavy atom. The zero-order valence-corrected chi connectivity index (χ0v) is 18.3. The minimum Gasteiger partial charge on any atom is -0.486 e. The number of anilines is 4. The third-order valence-corrected chi connectivity index (χ3v) is 5.78. The number of benzene rings is 2. The number of hydrogen-bond acceptors (Lipinski definition) is 8. The number of hydrogen-bond donors (Lipinski definition) is 3. The Hall–Kier alpha value is -3.30. The lowest BCUT2D eigenvalue weighted by molar-refractivity contribution is -0.915. The van der Waals surface area contributed by atoms with Crippen LogP contribution >= 0.6 is 11.6 Å². The van der Waals surface area contributed by atoms with Gasteiger partial charge >= 0.3 is 0 Å². The SMILES string of the molecule is Nc1nc(C[NH+]2CCN(c3cccc(Cl)c3)CC2)nc(Nc2ccc3c(c2)OCCO3)n1. The number of fused-ring (bicyclic) bond motifs is 1. The minimum atomic E-state index is 0.201. The first-order valence-corrected chi connectivity index (χ1v) is 11.0. The highest BCUT2D eigenvalue weighted by molar-refractivity contribution is 6.30. The van der Waals surface area contributed by atoms with Crippen LogP contribution in [0.3, 0.4) is 0 Å². The van der Waals surface area contributed by atoms with Crippen LogP contribution in [0.15, 0.2) is 42.5 Å². The zero-order chi connectivity index (χ0) is 21.9. The van der Waals surface area contributed by atoms with Crippen molar-refractivity contribution in [3.8, 4) is 11.5 Å². The molecule has 32 heavy (non-hydrogen) atoms. The molecule has 2 aliphatic heterocycles. The molecular formula is C22H25ClN7O2+. The number of ether oxygens (including phenoxy) is 2. The van der Waals surface area contributed by atoms with Gasteiger partial charge in [0.25, 0.3) is 0 Å². The molecule has 0 aliphatic carbocycles. The summed E-state index contributed by atoms with van der Waals surface area (Å²) in [6.45, 7) is 5.62. The maximum Gasteiger partial charge on any atom is 0.232 e. The number of piperazine rings is 1. The van der Waals surface area contributed by atoms with E-state index in [2.05, 4.69) is 31.2 Å². The Labute approximate surface area is 191 Å². The van der Waals surface area contributed by atoms with Crippen molar-refractivity contribution >= 4 is 34.9 Å². The van der Waals surface area contributed by atoms with Gasteiger partial charge in [0.1, 0.15) is 19.8 Å². The maximum absolute atomic E-state index is 6.14. The Kier molecular flexibility index (Phi) is 5.83. The maximum atomic E-state index is 6.14. The van der Waals surface area contributed by atoms with E-state index < -0.39 is 0 Å². The minimum absolute atomic E-state index is 0.201. The molecule has 0 amide bonds. The van der Waals surface area contributed by atoms with Crippen LogP contribution in [-0.4, -0.2) is 54.3 Å². The second kappa shape index (κ2) is 9.05. The summed E-state index contributed by atoms with van der Waals surface area (Å²) in [7, 11) is 0. The van der Waals surface area contributed by atoms with E-state index in [4.69, 9.17) is 26.8 Å². The lowest BCUT2D eigenvalue weighted by atomic mass is 10.2. The van der Waals surface area contributed by atoms with Crippen LogP contribution in [0.2, 0.25) is 5.02 Å². The van der Waals surface area contributed by atoms with Crippen LogP contribution in [-0.2, 0) is 6.54 Å². The van der Waals surface area contributed by atoms with E-state index in [1.165, 1.54) is 4.90 Å². The van der Waals surface area contributed by atoms with Gasteiger partial charge in [-0.3, -0.25) is 0 Å².